The second-order valence-corrected chi connectivity index (χ2v) is 9.01. The lowest BCUT2D eigenvalue weighted by Crippen LogP contribution is -2.31. The normalized spacial score (nSPS) is 23.7. The average molecular weight is 359 g/mol. The summed E-state index contributed by atoms with van der Waals surface area (Å²) in [6, 6.07) is 6.34. The molecule has 2 saturated heterocycles. The van der Waals surface area contributed by atoms with Gasteiger partial charge in [-0.15, -0.1) is 12.4 Å². The number of amides is 1. The van der Waals surface area contributed by atoms with E-state index in [4.69, 9.17) is 0 Å². The third kappa shape index (κ3) is 3.39. The highest BCUT2D eigenvalue weighted by atomic mass is 35.5. The lowest BCUT2D eigenvalue weighted by atomic mass is 10.0. The number of hydrogen-bond acceptors (Lipinski definition) is 4. The maximum absolute atomic E-state index is 12.5. The van der Waals surface area contributed by atoms with Crippen molar-refractivity contribution in [2.24, 2.45) is 11.8 Å². The Balaban J connectivity index is 0.00000192. The number of likely N-dealkylation sites (tertiary alicyclic amines) is 1. The summed E-state index contributed by atoms with van der Waals surface area (Å²) in [6.45, 7) is 6.88. The van der Waals surface area contributed by atoms with Crippen LogP contribution in [0.15, 0.2) is 29.2 Å². The number of nitrogens with one attached hydrogen (secondary N) is 1. The zero-order valence-corrected chi connectivity index (χ0v) is 15.0. The Bertz CT molecular complexity index is 661. The van der Waals surface area contributed by atoms with Gasteiger partial charge in [-0.2, -0.15) is 0 Å². The van der Waals surface area contributed by atoms with Crippen LogP contribution in [0.4, 0.5) is 0 Å². The Kier molecular flexibility index (Phi) is 5.38. The molecule has 7 heteroatoms. The Morgan fingerprint density at radius 3 is 2.13 bits per heavy atom. The van der Waals surface area contributed by atoms with E-state index in [-0.39, 0.29) is 23.2 Å². The quantitative estimate of drug-likeness (QED) is 0.890. The Morgan fingerprint density at radius 2 is 1.65 bits per heavy atom. The van der Waals surface area contributed by atoms with Crippen LogP contribution in [0.3, 0.4) is 0 Å². The van der Waals surface area contributed by atoms with Crippen molar-refractivity contribution >= 4 is 28.2 Å². The number of benzene rings is 1. The molecule has 0 aromatic heterocycles. The van der Waals surface area contributed by atoms with Crippen molar-refractivity contribution in [1.29, 1.82) is 0 Å². The largest absolute Gasteiger partial charge is 0.338 e. The Hall–Kier alpha value is -1.11. The summed E-state index contributed by atoms with van der Waals surface area (Å²) in [5, 5.41) is 2.89. The molecule has 2 heterocycles. The molecule has 0 radical (unpaired) electrons. The van der Waals surface area contributed by atoms with Crippen molar-refractivity contribution in [2.45, 2.75) is 24.0 Å². The van der Waals surface area contributed by atoms with Gasteiger partial charge in [0, 0.05) is 31.7 Å². The molecule has 1 N–H and O–H groups in total. The van der Waals surface area contributed by atoms with Crippen molar-refractivity contribution in [3.8, 4) is 0 Å². The topological polar surface area (TPSA) is 66.5 Å². The van der Waals surface area contributed by atoms with Crippen LogP contribution in [0.1, 0.15) is 24.2 Å². The summed E-state index contributed by atoms with van der Waals surface area (Å²) in [6.07, 6.45) is 0. The minimum absolute atomic E-state index is 0. The lowest BCUT2D eigenvalue weighted by Gasteiger charge is -2.18. The Morgan fingerprint density at radius 1 is 1.13 bits per heavy atom. The van der Waals surface area contributed by atoms with Crippen LogP contribution in [0.5, 0.6) is 0 Å². The van der Waals surface area contributed by atoms with Crippen molar-refractivity contribution in [3.05, 3.63) is 29.8 Å². The fourth-order valence-electron chi connectivity index (χ4n) is 3.26. The number of nitrogens with zero attached hydrogens (tertiary/aromatic N) is 1. The standard InChI is InChI=1S/C16H22N2O3S.ClH/c1-11(2)22(20,21)15-5-3-12(4-6-15)16(19)18-9-13-7-17-8-14(13)10-18;/h3-6,11,13-14,17H,7-10H2,1-2H3;1H/t13-,14+;. The molecule has 2 fully saturated rings. The van der Waals surface area contributed by atoms with Crippen molar-refractivity contribution < 1.29 is 13.2 Å². The monoisotopic (exact) mass is 358 g/mol. The number of hydrogen-bond donors (Lipinski definition) is 1. The molecule has 0 spiro atoms. The Labute approximate surface area is 143 Å². The van der Waals surface area contributed by atoms with Crippen LogP contribution in [-0.2, 0) is 9.84 Å². The van der Waals surface area contributed by atoms with Crippen LogP contribution < -0.4 is 5.32 Å². The number of carbonyl (C=O) groups excluding carboxylic acids is 1. The summed E-state index contributed by atoms with van der Waals surface area (Å²) in [4.78, 5) is 14.7. The predicted molar refractivity (Wildman–Crippen MR) is 91.8 cm³/mol. The number of rotatable bonds is 3. The molecule has 0 saturated carbocycles. The lowest BCUT2D eigenvalue weighted by molar-refractivity contribution is 0.0781. The first kappa shape index (κ1) is 18.2. The molecule has 5 nitrogen and oxygen atoms in total. The van der Waals surface area contributed by atoms with E-state index in [9.17, 15) is 13.2 Å². The van der Waals surface area contributed by atoms with Gasteiger partial charge in [0.1, 0.15) is 0 Å². The summed E-state index contributed by atoms with van der Waals surface area (Å²) < 4.78 is 24.2. The van der Waals surface area contributed by atoms with Gasteiger partial charge in [-0.1, -0.05) is 0 Å². The van der Waals surface area contributed by atoms with Crippen molar-refractivity contribution in [1.82, 2.24) is 10.2 Å². The summed E-state index contributed by atoms with van der Waals surface area (Å²) in [5.74, 6) is 1.12. The van der Waals surface area contributed by atoms with Crippen LogP contribution in [0.25, 0.3) is 0 Å². The van der Waals surface area contributed by atoms with Gasteiger partial charge in [0.15, 0.2) is 9.84 Å². The van der Waals surface area contributed by atoms with Gasteiger partial charge in [-0.3, -0.25) is 4.79 Å². The third-order valence-electron chi connectivity index (χ3n) is 4.73. The highest BCUT2D eigenvalue weighted by Gasteiger charge is 2.38. The summed E-state index contributed by atoms with van der Waals surface area (Å²) in [7, 11) is -3.28. The molecular weight excluding hydrogens is 336 g/mol. The zero-order valence-electron chi connectivity index (χ0n) is 13.4. The van der Waals surface area contributed by atoms with Gasteiger partial charge in [-0.05, 0) is 49.9 Å². The number of fused-ring (bicyclic) bond motifs is 1. The predicted octanol–water partition coefficient (Wildman–Crippen LogP) is 1.58. The smallest absolute Gasteiger partial charge is 0.253 e. The first-order valence-corrected chi connectivity index (χ1v) is 9.28. The average Bonchev–Trinajstić information content (AvgIpc) is 3.07. The molecule has 0 bridgehead atoms. The van der Waals surface area contributed by atoms with Gasteiger partial charge in [0.25, 0.3) is 5.91 Å². The fourth-order valence-corrected chi connectivity index (χ4v) is 4.32. The van der Waals surface area contributed by atoms with Gasteiger partial charge < -0.3 is 10.2 Å². The molecule has 2 aliphatic heterocycles. The van der Waals surface area contributed by atoms with Crippen LogP contribution >= 0.6 is 12.4 Å². The molecule has 0 unspecified atom stereocenters. The van der Waals surface area contributed by atoms with Crippen molar-refractivity contribution in [2.75, 3.05) is 26.2 Å². The van der Waals surface area contributed by atoms with E-state index in [2.05, 4.69) is 5.32 Å². The molecule has 23 heavy (non-hydrogen) atoms. The van der Waals surface area contributed by atoms with Crippen LogP contribution in [0.2, 0.25) is 0 Å². The maximum atomic E-state index is 12.5. The van der Waals surface area contributed by atoms with Crippen molar-refractivity contribution in [3.63, 3.8) is 0 Å². The highest BCUT2D eigenvalue weighted by molar-refractivity contribution is 7.92. The van der Waals surface area contributed by atoms with Crippen LogP contribution in [0, 0.1) is 11.8 Å². The first-order valence-electron chi connectivity index (χ1n) is 7.73. The van der Waals surface area contributed by atoms with E-state index in [0.717, 1.165) is 26.2 Å². The van der Waals surface area contributed by atoms with Gasteiger partial charge >= 0.3 is 0 Å². The zero-order chi connectivity index (χ0) is 15.9. The number of halogens is 1. The highest BCUT2D eigenvalue weighted by Crippen LogP contribution is 2.27. The fraction of sp³-hybridized carbons (Fsp3) is 0.562. The second-order valence-electron chi connectivity index (χ2n) is 6.51. The number of sulfone groups is 1. The molecule has 1 aromatic carbocycles. The molecule has 2 aliphatic rings. The van der Waals surface area contributed by atoms with Gasteiger partial charge in [0.2, 0.25) is 0 Å². The summed E-state index contributed by atoms with van der Waals surface area (Å²) in [5.41, 5.74) is 0.565. The van der Waals surface area contributed by atoms with E-state index in [1.54, 1.807) is 38.1 Å². The molecule has 2 atom stereocenters. The van der Waals surface area contributed by atoms with Gasteiger partial charge in [0.05, 0.1) is 10.1 Å². The first-order chi connectivity index (χ1) is 10.4. The number of carbonyl (C=O) groups is 1. The summed E-state index contributed by atoms with van der Waals surface area (Å²) >= 11 is 0. The van der Waals surface area contributed by atoms with E-state index in [0.29, 0.717) is 17.4 Å². The van der Waals surface area contributed by atoms with E-state index in [1.165, 1.54) is 0 Å². The van der Waals surface area contributed by atoms with E-state index < -0.39 is 15.1 Å². The molecule has 128 valence electrons. The van der Waals surface area contributed by atoms with E-state index >= 15 is 0 Å². The maximum Gasteiger partial charge on any atom is 0.253 e. The second kappa shape index (κ2) is 6.79. The minimum Gasteiger partial charge on any atom is -0.338 e. The molecular formula is C16H23ClN2O3S. The SMILES string of the molecule is CC(C)S(=O)(=O)c1ccc(C(=O)N2C[C@H]3CNC[C@H]3C2)cc1.Cl. The molecule has 1 aromatic rings. The molecule has 0 aliphatic carbocycles. The van der Waals surface area contributed by atoms with E-state index in [1.807, 2.05) is 4.90 Å². The molecule has 3 rings (SSSR count). The van der Waals surface area contributed by atoms with Crippen LogP contribution in [-0.4, -0.2) is 50.7 Å². The van der Waals surface area contributed by atoms with Gasteiger partial charge in [-0.25, -0.2) is 8.42 Å². The minimum atomic E-state index is -3.28. The molecule has 1 amide bonds. The third-order valence-corrected chi connectivity index (χ3v) is 6.90.